The maximum absolute atomic E-state index is 12.8. The fourth-order valence-corrected chi connectivity index (χ4v) is 1.36. The molecule has 0 aliphatic heterocycles. The van der Waals surface area contributed by atoms with Crippen LogP contribution in [-0.4, -0.2) is 14.7 Å². The standard InChI is InChI=1S/C7H9FN2O2S/c1-13(11,12)10-5-2-3-7(9)6(8)4-5/h2-4,10H,9H2,1H3. The second-order valence-corrected chi connectivity index (χ2v) is 4.36. The Morgan fingerprint density at radius 3 is 2.54 bits per heavy atom. The molecule has 0 saturated carbocycles. The molecule has 0 radical (unpaired) electrons. The van der Waals surface area contributed by atoms with Crippen LogP contribution in [0.4, 0.5) is 15.8 Å². The van der Waals surface area contributed by atoms with Gasteiger partial charge in [0.2, 0.25) is 10.0 Å². The van der Waals surface area contributed by atoms with Gasteiger partial charge in [0.25, 0.3) is 0 Å². The molecular weight excluding hydrogens is 195 g/mol. The molecule has 0 aliphatic carbocycles. The summed E-state index contributed by atoms with van der Waals surface area (Å²) in [5.41, 5.74) is 5.35. The van der Waals surface area contributed by atoms with Crippen LogP contribution < -0.4 is 10.5 Å². The van der Waals surface area contributed by atoms with E-state index in [1.807, 2.05) is 0 Å². The third-order valence-corrected chi connectivity index (χ3v) is 1.91. The highest BCUT2D eigenvalue weighted by molar-refractivity contribution is 7.92. The molecule has 0 amide bonds. The summed E-state index contributed by atoms with van der Waals surface area (Å²) in [6, 6.07) is 3.71. The maximum atomic E-state index is 12.8. The first-order valence-electron chi connectivity index (χ1n) is 3.41. The van der Waals surface area contributed by atoms with Gasteiger partial charge in [0.15, 0.2) is 0 Å². The summed E-state index contributed by atoms with van der Waals surface area (Å²) in [6.45, 7) is 0. The SMILES string of the molecule is CS(=O)(=O)Nc1ccc(N)c(F)c1. The summed E-state index contributed by atoms with van der Waals surface area (Å²) in [7, 11) is -3.36. The van der Waals surface area contributed by atoms with E-state index in [0.717, 1.165) is 12.3 Å². The number of nitrogens with one attached hydrogen (secondary N) is 1. The lowest BCUT2D eigenvalue weighted by molar-refractivity contribution is 0.606. The van der Waals surface area contributed by atoms with Gasteiger partial charge in [-0.3, -0.25) is 4.72 Å². The van der Waals surface area contributed by atoms with Crippen molar-refractivity contribution in [1.82, 2.24) is 0 Å². The molecule has 0 aliphatic rings. The number of nitrogen functional groups attached to an aromatic ring is 1. The number of rotatable bonds is 2. The molecule has 1 rings (SSSR count). The van der Waals surface area contributed by atoms with Crippen LogP contribution in [0.25, 0.3) is 0 Å². The van der Waals surface area contributed by atoms with Crippen molar-refractivity contribution >= 4 is 21.4 Å². The molecule has 0 atom stereocenters. The Morgan fingerprint density at radius 1 is 1.46 bits per heavy atom. The summed E-state index contributed by atoms with van der Waals surface area (Å²) in [4.78, 5) is 0. The van der Waals surface area contributed by atoms with E-state index in [0.29, 0.717) is 0 Å². The first-order valence-corrected chi connectivity index (χ1v) is 5.30. The van der Waals surface area contributed by atoms with Crippen LogP contribution in [0, 0.1) is 5.82 Å². The molecule has 0 bridgehead atoms. The topological polar surface area (TPSA) is 72.2 Å². The first kappa shape index (κ1) is 9.79. The van der Waals surface area contributed by atoms with Gasteiger partial charge in [-0.25, -0.2) is 12.8 Å². The van der Waals surface area contributed by atoms with Gasteiger partial charge in [-0.15, -0.1) is 0 Å². The number of benzene rings is 1. The number of halogens is 1. The van der Waals surface area contributed by atoms with Crippen molar-refractivity contribution in [2.24, 2.45) is 0 Å². The summed E-state index contributed by atoms with van der Waals surface area (Å²) < 4.78 is 36.4. The molecule has 72 valence electrons. The Bertz CT molecular complexity index is 417. The van der Waals surface area contributed by atoms with Crippen LogP contribution in [-0.2, 0) is 10.0 Å². The van der Waals surface area contributed by atoms with E-state index in [1.54, 1.807) is 0 Å². The van der Waals surface area contributed by atoms with Crippen molar-refractivity contribution in [2.45, 2.75) is 0 Å². The predicted octanol–water partition coefficient (Wildman–Crippen LogP) is 0.779. The Kier molecular flexibility index (Phi) is 2.42. The number of sulfonamides is 1. The Morgan fingerprint density at radius 2 is 2.08 bits per heavy atom. The first-order chi connectivity index (χ1) is 5.88. The Hall–Kier alpha value is -1.30. The zero-order chi connectivity index (χ0) is 10.1. The van der Waals surface area contributed by atoms with E-state index in [2.05, 4.69) is 4.72 Å². The van der Waals surface area contributed by atoms with Crippen LogP contribution >= 0.6 is 0 Å². The predicted molar refractivity (Wildman–Crippen MR) is 49.3 cm³/mol. The van der Waals surface area contributed by atoms with E-state index in [-0.39, 0.29) is 11.4 Å². The highest BCUT2D eigenvalue weighted by Crippen LogP contribution is 2.16. The van der Waals surface area contributed by atoms with Crippen LogP contribution in [0.3, 0.4) is 0 Å². The Balaban J connectivity index is 2.99. The molecule has 0 unspecified atom stereocenters. The van der Waals surface area contributed by atoms with Gasteiger partial charge in [-0.1, -0.05) is 0 Å². The molecule has 3 N–H and O–H groups in total. The van der Waals surface area contributed by atoms with Gasteiger partial charge in [0.1, 0.15) is 5.82 Å². The monoisotopic (exact) mass is 204 g/mol. The molecule has 1 aromatic carbocycles. The number of nitrogens with two attached hydrogens (primary N) is 1. The minimum absolute atomic E-state index is 0.0148. The van der Waals surface area contributed by atoms with E-state index >= 15 is 0 Å². The minimum Gasteiger partial charge on any atom is -0.396 e. The van der Waals surface area contributed by atoms with Gasteiger partial charge in [0.05, 0.1) is 17.6 Å². The molecule has 0 aromatic heterocycles. The zero-order valence-electron chi connectivity index (χ0n) is 6.91. The van der Waals surface area contributed by atoms with Gasteiger partial charge < -0.3 is 5.73 Å². The molecule has 4 nitrogen and oxygen atoms in total. The van der Waals surface area contributed by atoms with E-state index < -0.39 is 15.8 Å². The van der Waals surface area contributed by atoms with Crippen molar-refractivity contribution in [1.29, 1.82) is 0 Å². The van der Waals surface area contributed by atoms with E-state index in [4.69, 9.17) is 5.73 Å². The molecule has 0 fully saturated rings. The quantitative estimate of drug-likeness (QED) is 0.699. The van der Waals surface area contributed by atoms with Gasteiger partial charge in [-0.05, 0) is 12.1 Å². The summed E-state index contributed by atoms with van der Waals surface area (Å²) in [5.74, 6) is -0.645. The van der Waals surface area contributed by atoms with Crippen molar-refractivity contribution in [3.8, 4) is 0 Å². The number of hydrogen-bond donors (Lipinski definition) is 2. The van der Waals surface area contributed by atoms with Crippen molar-refractivity contribution in [2.75, 3.05) is 16.7 Å². The van der Waals surface area contributed by atoms with E-state index in [9.17, 15) is 12.8 Å². The van der Waals surface area contributed by atoms with Crippen molar-refractivity contribution < 1.29 is 12.8 Å². The van der Waals surface area contributed by atoms with Crippen LogP contribution in [0.2, 0.25) is 0 Å². The molecule has 13 heavy (non-hydrogen) atoms. The average Bonchev–Trinajstić information content (AvgIpc) is 1.94. The largest absolute Gasteiger partial charge is 0.396 e. The van der Waals surface area contributed by atoms with Crippen LogP contribution in [0.1, 0.15) is 0 Å². The van der Waals surface area contributed by atoms with Crippen molar-refractivity contribution in [3.63, 3.8) is 0 Å². The zero-order valence-corrected chi connectivity index (χ0v) is 7.73. The summed E-state index contributed by atoms with van der Waals surface area (Å²) in [5, 5.41) is 0. The molecule has 0 heterocycles. The van der Waals surface area contributed by atoms with Gasteiger partial charge in [0, 0.05) is 6.07 Å². The van der Waals surface area contributed by atoms with Crippen LogP contribution in [0.15, 0.2) is 18.2 Å². The van der Waals surface area contributed by atoms with Gasteiger partial charge in [-0.2, -0.15) is 0 Å². The minimum atomic E-state index is -3.36. The lowest BCUT2D eigenvalue weighted by Gasteiger charge is -2.04. The van der Waals surface area contributed by atoms with Gasteiger partial charge >= 0.3 is 0 Å². The fourth-order valence-electron chi connectivity index (χ4n) is 0.805. The molecule has 6 heteroatoms. The number of hydrogen-bond acceptors (Lipinski definition) is 3. The van der Waals surface area contributed by atoms with E-state index in [1.165, 1.54) is 12.1 Å². The van der Waals surface area contributed by atoms with Crippen LogP contribution in [0.5, 0.6) is 0 Å². The summed E-state index contributed by atoms with van der Waals surface area (Å²) >= 11 is 0. The smallest absolute Gasteiger partial charge is 0.229 e. The average molecular weight is 204 g/mol. The number of anilines is 2. The molecule has 0 saturated heterocycles. The second-order valence-electron chi connectivity index (χ2n) is 2.61. The highest BCUT2D eigenvalue weighted by atomic mass is 32.2. The molecule has 1 aromatic rings. The fraction of sp³-hybridized carbons (Fsp3) is 0.143. The molecular formula is C7H9FN2O2S. The summed E-state index contributed by atoms with van der Waals surface area (Å²) in [6.07, 6.45) is 0.987. The molecule has 0 spiro atoms. The Labute approximate surface area is 75.6 Å². The lowest BCUT2D eigenvalue weighted by Crippen LogP contribution is -2.09. The third kappa shape index (κ3) is 2.90. The maximum Gasteiger partial charge on any atom is 0.229 e. The lowest BCUT2D eigenvalue weighted by atomic mass is 10.3. The third-order valence-electron chi connectivity index (χ3n) is 1.30. The highest BCUT2D eigenvalue weighted by Gasteiger charge is 2.04. The second kappa shape index (κ2) is 3.21. The normalized spacial score (nSPS) is 11.2. The van der Waals surface area contributed by atoms with Crippen molar-refractivity contribution in [3.05, 3.63) is 24.0 Å².